The fourth-order valence-electron chi connectivity index (χ4n) is 3.88. The number of benzene rings is 1. The van der Waals surface area contributed by atoms with E-state index < -0.39 is 0 Å². The van der Waals surface area contributed by atoms with E-state index in [2.05, 4.69) is 12.0 Å². The minimum atomic E-state index is 0.131. The standard InChI is InChI=1S/C21H25N3O3S/c1-13-7-5-6-10-24(13)20(25)18-12-15-19(22-23(2)21(15)28-18)14-8-9-16(26-3)17(11-14)27-4/h8-9,11-13H,5-7,10H2,1-4H3. The average Bonchev–Trinajstić information content (AvgIpc) is 3.28. The van der Waals surface area contributed by atoms with E-state index in [0.717, 1.165) is 45.7 Å². The Labute approximate surface area is 168 Å². The molecular formula is C21H25N3O3S. The summed E-state index contributed by atoms with van der Waals surface area (Å²) in [6, 6.07) is 8.06. The number of fused-ring (bicyclic) bond motifs is 1. The Morgan fingerprint density at radius 1 is 1.18 bits per heavy atom. The highest BCUT2D eigenvalue weighted by Gasteiger charge is 2.27. The minimum Gasteiger partial charge on any atom is -0.493 e. The van der Waals surface area contributed by atoms with Crippen LogP contribution in [-0.4, -0.2) is 47.4 Å². The van der Waals surface area contributed by atoms with Crippen LogP contribution in [-0.2, 0) is 7.05 Å². The number of methoxy groups -OCH3 is 2. The van der Waals surface area contributed by atoms with E-state index in [0.29, 0.717) is 17.5 Å². The second-order valence-corrected chi connectivity index (χ2v) is 8.25. The Hall–Kier alpha value is -2.54. The SMILES string of the molecule is COc1ccc(-c2nn(C)c3sc(C(=O)N4CCCCC4C)cc23)cc1OC. The zero-order chi connectivity index (χ0) is 19.8. The predicted octanol–water partition coefficient (Wildman–Crippen LogP) is 4.33. The topological polar surface area (TPSA) is 56.6 Å². The molecule has 1 unspecified atom stereocenters. The zero-order valence-electron chi connectivity index (χ0n) is 16.7. The van der Waals surface area contributed by atoms with Crippen molar-refractivity contribution in [1.29, 1.82) is 0 Å². The molecule has 1 atom stereocenters. The Morgan fingerprint density at radius 2 is 1.96 bits per heavy atom. The molecule has 7 heteroatoms. The third-order valence-corrected chi connectivity index (χ3v) is 6.63. The Bertz CT molecular complexity index is 1020. The predicted molar refractivity (Wildman–Crippen MR) is 111 cm³/mol. The number of nitrogens with zero attached hydrogens (tertiary/aromatic N) is 3. The third-order valence-electron chi connectivity index (χ3n) is 5.44. The molecule has 0 spiro atoms. The molecule has 0 bridgehead atoms. The van der Waals surface area contributed by atoms with Crippen LogP contribution in [0.15, 0.2) is 24.3 Å². The number of aromatic nitrogens is 2. The smallest absolute Gasteiger partial charge is 0.264 e. The number of hydrogen-bond donors (Lipinski definition) is 0. The molecule has 4 rings (SSSR count). The van der Waals surface area contributed by atoms with Crippen LogP contribution in [0.5, 0.6) is 11.5 Å². The van der Waals surface area contributed by atoms with Gasteiger partial charge in [-0.05, 0) is 50.5 Å². The molecule has 1 aliphatic rings. The van der Waals surface area contributed by atoms with Gasteiger partial charge in [-0.25, -0.2) is 0 Å². The largest absolute Gasteiger partial charge is 0.493 e. The van der Waals surface area contributed by atoms with Crippen LogP contribution in [0.4, 0.5) is 0 Å². The Morgan fingerprint density at radius 3 is 2.68 bits per heavy atom. The summed E-state index contributed by atoms with van der Waals surface area (Å²) in [6.07, 6.45) is 3.36. The van der Waals surface area contributed by atoms with Gasteiger partial charge in [-0.1, -0.05) is 0 Å². The third kappa shape index (κ3) is 3.13. The van der Waals surface area contributed by atoms with Gasteiger partial charge in [-0.15, -0.1) is 11.3 Å². The number of likely N-dealkylation sites (tertiary alicyclic amines) is 1. The first-order chi connectivity index (χ1) is 13.5. The first-order valence-corrected chi connectivity index (χ1v) is 10.3. The first kappa shape index (κ1) is 18.8. The molecule has 28 heavy (non-hydrogen) atoms. The first-order valence-electron chi connectivity index (χ1n) is 9.53. The summed E-state index contributed by atoms with van der Waals surface area (Å²) in [4.78, 5) is 16.9. The highest BCUT2D eigenvalue weighted by Crippen LogP contribution is 2.38. The van der Waals surface area contributed by atoms with Gasteiger partial charge in [0, 0.05) is 30.6 Å². The fraction of sp³-hybridized carbons (Fsp3) is 0.429. The molecule has 0 saturated carbocycles. The van der Waals surface area contributed by atoms with Gasteiger partial charge in [0.1, 0.15) is 10.5 Å². The van der Waals surface area contributed by atoms with Crippen LogP contribution in [0.1, 0.15) is 35.9 Å². The summed E-state index contributed by atoms with van der Waals surface area (Å²) in [5, 5.41) is 5.68. The van der Waals surface area contributed by atoms with Crippen molar-refractivity contribution in [2.75, 3.05) is 20.8 Å². The maximum absolute atomic E-state index is 13.1. The lowest BCUT2D eigenvalue weighted by molar-refractivity contribution is 0.0641. The number of thiophene rings is 1. The molecule has 3 heterocycles. The zero-order valence-corrected chi connectivity index (χ0v) is 17.5. The summed E-state index contributed by atoms with van der Waals surface area (Å²) in [7, 11) is 5.16. The number of carbonyl (C=O) groups is 1. The number of rotatable bonds is 4. The monoisotopic (exact) mass is 399 g/mol. The maximum Gasteiger partial charge on any atom is 0.264 e. The van der Waals surface area contributed by atoms with E-state index in [1.807, 2.05) is 40.9 Å². The van der Waals surface area contributed by atoms with E-state index >= 15 is 0 Å². The Kier molecular flexibility index (Phi) is 5.02. The van der Waals surface area contributed by atoms with Gasteiger partial charge in [-0.3, -0.25) is 9.48 Å². The van der Waals surface area contributed by atoms with Crippen molar-refractivity contribution < 1.29 is 14.3 Å². The summed E-state index contributed by atoms with van der Waals surface area (Å²) in [5.41, 5.74) is 1.78. The van der Waals surface area contributed by atoms with E-state index in [1.54, 1.807) is 14.2 Å². The molecule has 0 aliphatic carbocycles. The van der Waals surface area contributed by atoms with Crippen molar-refractivity contribution in [3.63, 3.8) is 0 Å². The number of ether oxygens (including phenoxy) is 2. The molecule has 2 aromatic heterocycles. The van der Waals surface area contributed by atoms with Crippen LogP contribution < -0.4 is 9.47 Å². The van der Waals surface area contributed by atoms with Crippen LogP contribution in [0.2, 0.25) is 0 Å². The van der Waals surface area contributed by atoms with Crippen molar-refractivity contribution in [2.45, 2.75) is 32.2 Å². The highest BCUT2D eigenvalue weighted by molar-refractivity contribution is 7.20. The van der Waals surface area contributed by atoms with Crippen LogP contribution >= 0.6 is 11.3 Å². The number of carbonyl (C=O) groups excluding carboxylic acids is 1. The molecule has 1 aliphatic heterocycles. The number of amides is 1. The summed E-state index contributed by atoms with van der Waals surface area (Å²) >= 11 is 1.51. The van der Waals surface area contributed by atoms with Crippen molar-refractivity contribution >= 4 is 27.5 Å². The molecule has 0 N–H and O–H groups in total. The van der Waals surface area contributed by atoms with Gasteiger partial charge in [-0.2, -0.15) is 5.10 Å². The molecule has 1 fully saturated rings. The lowest BCUT2D eigenvalue weighted by Gasteiger charge is -2.33. The van der Waals surface area contributed by atoms with Gasteiger partial charge < -0.3 is 14.4 Å². The van der Waals surface area contributed by atoms with Crippen LogP contribution in [0, 0.1) is 0 Å². The number of aryl methyl sites for hydroxylation is 1. The number of hydrogen-bond acceptors (Lipinski definition) is 5. The molecule has 6 nitrogen and oxygen atoms in total. The van der Waals surface area contributed by atoms with Crippen molar-refractivity contribution in [3.05, 3.63) is 29.1 Å². The van der Waals surface area contributed by atoms with E-state index in [1.165, 1.54) is 17.8 Å². The van der Waals surface area contributed by atoms with Gasteiger partial charge in [0.2, 0.25) is 0 Å². The summed E-state index contributed by atoms with van der Waals surface area (Å²) in [6.45, 7) is 2.98. The molecule has 1 aromatic carbocycles. The molecule has 148 valence electrons. The second-order valence-electron chi connectivity index (χ2n) is 7.21. The normalized spacial score (nSPS) is 17.1. The minimum absolute atomic E-state index is 0.131. The number of piperidine rings is 1. The second kappa shape index (κ2) is 7.47. The van der Waals surface area contributed by atoms with Gasteiger partial charge in [0.25, 0.3) is 5.91 Å². The van der Waals surface area contributed by atoms with E-state index in [4.69, 9.17) is 9.47 Å². The van der Waals surface area contributed by atoms with Crippen molar-refractivity contribution in [2.24, 2.45) is 7.05 Å². The lowest BCUT2D eigenvalue weighted by Crippen LogP contribution is -2.41. The quantitative estimate of drug-likeness (QED) is 0.655. The molecule has 3 aromatic rings. The van der Waals surface area contributed by atoms with Gasteiger partial charge in [0.05, 0.1) is 19.1 Å². The lowest BCUT2D eigenvalue weighted by atomic mass is 10.0. The summed E-state index contributed by atoms with van der Waals surface area (Å²) < 4.78 is 12.6. The molecule has 1 amide bonds. The van der Waals surface area contributed by atoms with Crippen molar-refractivity contribution in [1.82, 2.24) is 14.7 Å². The molecule has 0 radical (unpaired) electrons. The molecule has 1 saturated heterocycles. The maximum atomic E-state index is 13.1. The van der Waals surface area contributed by atoms with E-state index in [-0.39, 0.29) is 5.91 Å². The molecular weight excluding hydrogens is 374 g/mol. The van der Waals surface area contributed by atoms with Crippen LogP contribution in [0.3, 0.4) is 0 Å². The van der Waals surface area contributed by atoms with Crippen LogP contribution in [0.25, 0.3) is 21.5 Å². The van der Waals surface area contributed by atoms with Gasteiger partial charge >= 0.3 is 0 Å². The van der Waals surface area contributed by atoms with Gasteiger partial charge in [0.15, 0.2) is 11.5 Å². The van der Waals surface area contributed by atoms with E-state index in [9.17, 15) is 4.79 Å². The highest BCUT2D eigenvalue weighted by atomic mass is 32.1. The fourth-order valence-corrected chi connectivity index (χ4v) is 4.91. The Balaban J connectivity index is 1.74. The van der Waals surface area contributed by atoms with Crippen molar-refractivity contribution in [3.8, 4) is 22.8 Å². The summed E-state index contributed by atoms with van der Waals surface area (Å²) in [5.74, 6) is 1.47. The average molecular weight is 400 g/mol.